The number of piperazine rings is 1. The number of likely N-dealkylation sites (N-methyl/N-ethyl adjacent to an activating group) is 1. The molecule has 2 aliphatic heterocycles. The van der Waals surface area contributed by atoms with Gasteiger partial charge in [0, 0.05) is 32.6 Å². The fourth-order valence-corrected chi connectivity index (χ4v) is 5.11. The fraction of sp³-hybridized carbons (Fsp3) is 0.545. The summed E-state index contributed by atoms with van der Waals surface area (Å²) in [6, 6.07) is 3.91. The van der Waals surface area contributed by atoms with E-state index in [1.807, 2.05) is 4.90 Å². The minimum atomic E-state index is -1.47. The Hall–Kier alpha value is -3.05. The number of hydrogen-bond donors (Lipinski definition) is 4. The van der Waals surface area contributed by atoms with Gasteiger partial charge in [0.15, 0.2) is 0 Å². The number of urea groups is 1. The van der Waals surface area contributed by atoms with Gasteiger partial charge in [0.05, 0.1) is 18.7 Å². The number of aliphatic hydroxyl groups excluding tert-OH is 1. The molecule has 0 bridgehead atoms. The van der Waals surface area contributed by atoms with Gasteiger partial charge in [0.2, 0.25) is 11.8 Å². The maximum absolute atomic E-state index is 13.4. The SMILES string of the molecule is CN(C(=O)CCC1(c2ccc(F)cc2)NC(=O)NC1=O)[C@@H]1CC[C@@H](N2CCNC(=O)C2)[C@@H]1O. The van der Waals surface area contributed by atoms with Gasteiger partial charge in [-0.2, -0.15) is 0 Å². The molecule has 33 heavy (non-hydrogen) atoms. The molecule has 4 atom stereocenters. The third-order valence-electron chi connectivity index (χ3n) is 6.97. The molecule has 11 heteroatoms. The lowest BCUT2D eigenvalue weighted by molar-refractivity contribution is -0.135. The van der Waals surface area contributed by atoms with Gasteiger partial charge in [0.25, 0.3) is 5.91 Å². The predicted molar refractivity (Wildman–Crippen MR) is 114 cm³/mol. The van der Waals surface area contributed by atoms with Crippen molar-refractivity contribution in [2.24, 2.45) is 0 Å². The van der Waals surface area contributed by atoms with E-state index >= 15 is 0 Å². The first-order valence-corrected chi connectivity index (χ1v) is 11.1. The number of benzene rings is 1. The van der Waals surface area contributed by atoms with Crippen LogP contribution < -0.4 is 16.0 Å². The second kappa shape index (κ2) is 9.06. The van der Waals surface area contributed by atoms with Crippen LogP contribution in [0.4, 0.5) is 9.18 Å². The summed E-state index contributed by atoms with van der Waals surface area (Å²) in [6.45, 7) is 1.40. The normalized spacial score (nSPS) is 30.0. The number of carbonyl (C=O) groups is 4. The maximum atomic E-state index is 13.4. The molecule has 1 unspecified atom stereocenters. The average Bonchev–Trinajstić information content (AvgIpc) is 3.31. The van der Waals surface area contributed by atoms with Gasteiger partial charge in [0.1, 0.15) is 11.4 Å². The number of hydrogen-bond acceptors (Lipinski definition) is 6. The summed E-state index contributed by atoms with van der Waals surface area (Å²) in [6.07, 6.45) is 0.367. The van der Waals surface area contributed by atoms with Crippen LogP contribution in [0, 0.1) is 5.82 Å². The molecule has 3 aliphatic rings. The van der Waals surface area contributed by atoms with Crippen LogP contribution in [0.5, 0.6) is 0 Å². The number of aliphatic hydroxyl groups is 1. The van der Waals surface area contributed by atoms with Gasteiger partial charge >= 0.3 is 6.03 Å². The Balaban J connectivity index is 1.42. The van der Waals surface area contributed by atoms with Crippen molar-refractivity contribution in [3.8, 4) is 0 Å². The average molecular weight is 461 g/mol. The van der Waals surface area contributed by atoms with Crippen molar-refractivity contribution in [2.45, 2.75) is 49.4 Å². The molecule has 2 heterocycles. The lowest BCUT2D eigenvalue weighted by Gasteiger charge is -2.36. The second-order valence-electron chi connectivity index (χ2n) is 8.85. The van der Waals surface area contributed by atoms with Gasteiger partial charge in [-0.25, -0.2) is 9.18 Å². The van der Waals surface area contributed by atoms with Crippen LogP contribution in [0.15, 0.2) is 24.3 Å². The summed E-state index contributed by atoms with van der Waals surface area (Å²) in [7, 11) is 1.61. The van der Waals surface area contributed by atoms with Gasteiger partial charge in [-0.1, -0.05) is 12.1 Å². The second-order valence-corrected chi connectivity index (χ2v) is 8.85. The topological polar surface area (TPSA) is 131 Å². The molecule has 5 amide bonds. The standard InChI is InChI=1S/C22H28FN5O5/c1-27(15-6-7-16(19(15)31)28-11-10-24-17(29)12-28)18(30)8-9-22(20(32)25-21(33)26-22)13-2-4-14(23)5-3-13/h2-5,15-16,19,31H,6-12H2,1H3,(H,24,29)(H2,25,26,32,33)/t15-,16-,19-,22?/m1/s1. The molecule has 1 aromatic carbocycles. The molecule has 0 spiro atoms. The van der Waals surface area contributed by atoms with E-state index in [9.17, 15) is 28.7 Å². The molecule has 0 radical (unpaired) electrons. The van der Waals surface area contributed by atoms with Gasteiger partial charge < -0.3 is 20.6 Å². The first-order chi connectivity index (χ1) is 15.7. The van der Waals surface area contributed by atoms with Crippen LogP contribution in [-0.4, -0.2) is 83.5 Å². The van der Waals surface area contributed by atoms with Gasteiger partial charge in [-0.15, -0.1) is 0 Å². The van der Waals surface area contributed by atoms with Gasteiger partial charge in [-0.3, -0.25) is 24.6 Å². The highest BCUT2D eigenvalue weighted by Crippen LogP contribution is 2.32. The summed E-state index contributed by atoms with van der Waals surface area (Å²) < 4.78 is 13.4. The van der Waals surface area contributed by atoms with Crippen LogP contribution in [-0.2, 0) is 19.9 Å². The number of carbonyl (C=O) groups excluding carboxylic acids is 4. The number of rotatable bonds is 6. The molecule has 3 fully saturated rings. The van der Waals surface area contributed by atoms with Crippen molar-refractivity contribution in [2.75, 3.05) is 26.7 Å². The van der Waals surface area contributed by atoms with E-state index in [0.717, 1.165) is 0 Å². The minimum absolute atomic E-state index is 0.0160. The molecule has 1 saturated carbocycles. The van der Waals surface area contributed by atoms with Crippen molar-refractivity contribution in [1.82, 2.24) is 25.8 Å². The van der Waals surface area contributed by atoms with E-state index in [-0.39, 0.29) is 37.2 Å². The number of nitrogens with zero attached hydrogens (tertiary/aromatic N) is 2. The fourth-order valence-electron chi connectivity index (χ4n) is 5.11. The molecule has 1 aromatic rings. The van der Waals surface area contributed by atoms with E-state index in [2.05, 4.69) is 16.0 Å². The Kier molecular flexibility index (Phi) is 6.35. The Morgan fingerprint density at radius 2 is 1.97 bits per heavy atom. The third-order valence-corrected chi connectivity index (χ3v) is 6.97. The highest BCUT2D eigenvalue weighted by Gasteiger charge is 2.48. The Morgan fingerprint density at radius 1 is 1.24 bits per heavy atom. The Labute approximate surface area is 190 Å². The van der Waals surface area contributed by atoms with E-state index in [1.165, 1.54) is 29.2 Å². The molecule has 178 valence electrons. The molecular weight excluding hydrogens is 433 g/mol. The Morgan fingerprint density at radius 3 is 2.61 bits per heavy atom. The summed E-state index contributed by atoms with van der Waals surface area (Å²) in [5.41, 5.74) is -1.09. The lowest BCUT2D eigenvalue weighted by Crippen LogP contribution is -2.55. The van der Waals surface area contributed by atoms with Crippen molar-refractivity contribution in [1.29, 1.82) is 0 Å². The zero-order valence-corrected chi connectivity index (χ0v) is 18.3. The first-order valence-electron chi connectivity index (χ1n) is 11.1. The lowest BCUT2D eigenvalue weighted by atomic mass is 9.85. The quantitative estimate of drug-likeness (QED) is 0.420. The molecule has 10 nitrogen and oxygen atoms in total. The monoisotopic (exact) mass is 461 g/mol. The highest BCUT2D eigenvalue weighted by molar-refractivity contribution is 6.07. The van der Waals surface area contributed by atoms with E-state index < -0.39 is 35.4 Å². The third kappa shape index (κ3) is 4.42. The number of imide groups is 1. The van der Waals surface area contributed by atoms with Crippen LogP contribution in [0.2, 0.25) is 0 Å². The molecular formula is C22H28FN5O5. The van der Waals surface area contributed by atoms with Gasteiger partial charge in [-0.05, 0) is 37.0 Å². The number of amides is 5. The van der Waals surface area contributed by atoms with Crippen molar-refractivity contribution >= 4 is 23.8 Å². The summed E-state index contributed by atoms with van der Waals surface area (Å²) in [5.74, 6) is -1.44. The zero-order chi connectivity index (χ0) is 23.8. The smallest absolute Gasteiger partial charge is 0.322 e. The van der Waals surface area contributed by atoms with Crippen molar-refractivity contribution in [3.63, 3.8) is 0 Å². The summed E-state index contributed by atoms with van der Waals surface area (Å²) >= 11 is 0. The van der Waals surface area contributed by atoms with Crippen LogP contribution >= 0.6 is 0 Å². The molecule has 2 saturated heterocycles. The Bertz CT molecular complexity index is 957. The highest BCUT2D eigenvalue weighted by atomic mass is 19.1. The number of nitrogens with one attached hydrogen (secondary N) is 3. The molecule has 1 aliphatic carbocycles. The summed E-state index contributed by atoms with van der Waals surface area (Å²) in [5, 5.41) is 18.4. The largest absolute Gasteiger partial charge is 0.389 e. The molecule has 0 aromatic heterocycles. The molecule has 4 N–H and O–H groups in total. The van der Waals surface area contributed by atoms with Crippen molar-refractivity contribution in [3.05, 3.63) is 35.6 Å². The van der Waals surface area contributed by atoms with E-state index in [0.29, 0.717) is 31.5 Å². The van der Waals surface area contributed by atoms with Crippen LogP contribution in [0.25, 0.3) is 0 Å². The minimum Gasteiger partial charge on any atom is -0.389 e. The van der Waals surface area contributed by atoms with Crippen LogP contribution in [0.1, 0.15) is 31.2 Å². The number of halogens is 1. The zero-order valence-electron chi connectivity index (χ0n) is 18.3. The first kappa shape index (κ1) is 23.1. The maximum Gasteiger partial charge on any atom is 0.322 e. The molecule has 4 rings (SSSR count). The predicted octanol–water partition coefficient (Wildman–Crippen LogP) is -0.577. The van der Waals surface area contributed by atoms with Crippen molar-refractivity contribution < 1.29 is 28.7 Å². The van der Waals surface area contributed by atoms with Crippen LogP contribution in [0.3, 0.4) is 0 Å². The van der Waals surface area contributed by atoms with E-state index in [4.69, 9.17) is 0 Å². The summed E-state index contributed by atoms with van der Waals surface area (Å²) in [4.78, 5) is 52.7. The van der Waals surface area contributed by atoms with E-state index in [1.54, 1.807) is 7.05 Å².